The third-order valence-corrected chi connectivity index (χ3v) is 3.84. The molecular weight excluding hydrogens is 309 g/mol. The van der Waals surface area contributed by atoms with Gasteiger partial charge in [0.05, 0.1) is 0 Å². The number of Topliss-reactive ketones (excluding diaryl/α,β-unsaturated/α-hetero) is 1. The molecule has 1 saturated carbocycles. The van der Waals surface area contributed by atoms with Crippen molar-refractivity contribution in [1.82, 2.24) is 4.57 Å². The van der Waals surface area contributed by atoms with Crippen molar-refractivity contribution < 1.29 is 9.18 Å². The van der Waals surface area contributed by atoms with Gasteiger partial charge in [-0.2, -0.15) is 0 Å². The quantitative estimate of drug-likeness (QED) is 0.779. The van der Waals surface area contributed by atoms with E-state index < -0.39 is 0 Å². The van der Waals surface area contributed by atoms with Gasteiger partial charge in [0.1, 0.15) is 5.82 Å². The number of rotatable bonds is 4. The topological polar surface area (TPSA) is 22.0 Å². The van der Waals surface area contributed by atoms with Crippen LogP contribution in [0.1, 0.15) is 28.8 Å². The van der Waals surface area contributed by atoms with Gasteiger partial charge in [0.2, 0.25) is 0 Å². The summed E-state index contributed by atoms with van der Waals surface area (Å²) in [6.45, 7) is 0.434. The summed E-state index contributed by atoms with van der Waals surface area (Å²) in [6.07, 6.45) is 5.64. The summed E-state index contributed by atoms with van der Waals surface area (Å²) in [5.41, 5.74) is 1.34. The summed E-state index contributed by atoms with van der Waals surface area (Å²) in [4.78, 5) is 11.9. The number of carbonyl (C=O) groups excluding carboxylic acids is 1. The first kappa shape index (κ1) is 12.6. The van der Waals surface area contributed by atoms with Crippen LogP contribution in [0.4, 0.5) is 4.39 Å². The monoisotopic (exact) mass is 321 g/mol. The molecule has 0 N–H and O–H groups in total. The Balaban J connectivity index is 1.79. The molecule has 1 aromatic heterocycles. The summed E-state index contributed by atoms with van der Waals surface area (Å²) in [5.74, 6) is 0.207. The van der Waals surface area contributed by atoms with Crippen LogP contribution in [0.2, 0.25) is 0 Å². The SMILES string of the molecule is O=C(c1ccn(Cc2cc(Br)ccc2F)c1)C1CC1. The molecule has 19 heavy (non-hydrogen) atoms. The molecule has 1 aromatic carbocycles. The van der Waals surface area contributed by atoms with E-state index in [1.54, 1.807) is 18.3 Å². The van der Waals surface area contributed by atoms with Crippen molar-refractivity contribution in [2.24, 2.45) is 5.92 Å². The van der Waals surface area contributed by atoms with Crippen LogP contribution in [0.3, 0.4) is 0 Å². The highest BCUT2D eigenvalue weighted by Crippen LogP contribution is 2.32. The van der Waals surface area contributed by atoms with Crippen LogP contribution in [0, 0.1) is 11.7 Å². The lowest BCUT2D eigenvalue weighted by Gasteiger charge is -2.05. The number of carbonyl (C=O) groups is 1. The third-order valence-electron chi connectivity index (χ3n) is 3.34. The van der Waals surface area contributed by atoms with Gasteiger partial charge in [0.25, 0.3) is 0 Å². The van der Waals surface area contributed by atoms with E-state index in [2.05, 4.69) is 15.9 Å². The van der Waals surface area contributed by atoms with Gasteiger partial charge in [-0.25, -0.2) is 4.39 Å². The Hall–Kier alpha value is -1.42. The first-order valence-corrected chi connectivity index (χ1v) is 7.07. The maximum Gasteiger partial charge on any atom is 0.167 e. The summed E-state index contributed by atoms with van der Waals surface area (Å²) < 4.78 is 16.4. The van der Waals surface area contributed by atoms with E-state index in [0.29, 0.717) is 12.1 Å². The first-order chi connectivity index (χ1) is 9.13. The smallest absolute Gasteiger partial charge is 0.167 e. The predicted octanol–water partition coefficient (Wildman–Crippen LogP) is 4.03. The molecule has 1 fully saturated rings. The lowest BCUT2D eigenvalue weighted by Crippen LogP contribution is -2.02. The standard InChI is InChI=1S/C15H13BrFNO/c16-13-3-4-14(17)12(7-13)9-18-6-5-11(8-18)15(19)10-1-2-10/h3-8,10H,1-2,9H2. The van der Waals surface area contributed by atoms with Crippen LogP contribution in [0.15, 0.2) is 41.1 Å². The minimum absolute atomic E-state index is 0.216. The Bertz CT molecular complexity index is 631. The van der Waals surface area contributed by atoms with Gasteiger partial charge in [-0.3, -0.25) is 4.79 Å². The lowest BCUT2D eigenvalue weighted by molar-refractivity contribution is 0.0967. The Morgan fingerprint density at radius 3 is 2.89 bits per heavy atom. The normalized spacial score (nSPS) is 14.6. The van der Waals surface area contributed by atoms with Gasteiger partial charge in [-0.1, -0.05) is 15.9 Å². The second kappa shape index (κ2) is 4.93. The number of benzene rings is 1. The molecule has 2 nitrogen and oxygen atoms in total. The van der Waals surface area contributed by atoms with E-state index >= 15 is 0 Å². The van der Waals surface area contributed by atoms with Gasteiger partial charge in [-0.05, 0) is 37.1 Å². The van der Waals surface area contributed by atoms with Crippen molar-refractivity contribution in [3.8, 4) is 0 Å². The molecular formula is C15H13BrFNO. The summed E-state index contributed by atoms with van der Waals surface area (Å²) in [6, 6.07) is 6.70. The molecule has 0 amide bonds. The maximum atomic E-state index is 13.7. The second-order valence-corrected chi connectivity index (χ2v) is 5.86. The average Bonchev–Trinajstić information content (AvgIpc) is 3.13. The zero-order valence-electron chi connectivity index (χ0n) is 10.3. The fraction of sp³-hybridized carbons (Fsp3) is 0.267. The molecule has 0 atom stereocenters. The van der Waals surface area contributed by atoms with E-state index in [0.717, 1.165) is 22.9 Å². The molecule has 0 unspecified atom stereocenters. The van der Waals surface area contributed by atoms with Crippen LogP contribution in [0.5, 0.6) is 0 Å². The molecule has 0 saturated heterocycles. The average molecular weight is 322 g/mol. The zero-order chi connectivity index (χ0) is 13.4. The van der Waals surface area contributed by atoms with Crippen molar-refractivity contribution in [2.45, 2.75) is 19.4 Å². The molecule has 2 aromatic rings. The van der Waals surface area contributed by atoms with Gasteiger partial charge < -0.3 is 4.57 Å². The molecule has 0 radical (unpaired) electrons. The van der Waals surface area contributed by atoms with E-state index in [4.69, 9.17) is 0 Å². The van der Waals surface area contributed by atoms with Crippen molar-refractivity contribution >= 4 is 21.7 Å². The lowest BCUT2D eigenvalue weighted by atomic mass is 10.1. The Morgan fingerprint density at radius 1 is 1.37 bits per heavy atom. The number of aromatic nitrogens is 1. The highest BCUT2D eigenvalue weighted by Gasteiger charge is 2.30. The minimum Gasteiger partial charge on any atom is -0.349 e. The van der Waals surface area contributed by atoms with Crippen molar-refractivity contribution in [3.63, 3.8) is 0 Å². The largest absolute Gasteiger partial charge is 0.349 e. The zero-order valence-corrected chi connectivity index (χ0v) is 11.9. The fourth-order valence-electron chi connectivity index (χ4n) is 2.13. The Kier molecular flexibility index (Phi) is 3.27. The van der Waals surface area contributed by atoms with Gasteiger partial charge in [0.15, 0.2) is 5.78 Å². The Morgan fingerprint density at radius 2 is 2.16 bits per heavy atom. The highest BCUT2D eigenvalue weighted by atomic mass is 79.9. The summed E-state index contributed by atoms with van der Waals surface area (Å²) >= 11 is 3.34. The maximum absolute atomic E-state index is 13.7. The molecule has 1 aliphatic rings. The number of halogens is 2. The molecule has 3 rings (SSSR count). The number of hydrogen-bond donors (Lipinski definition) is 0. The van der Waals surface area contributed by atoms with E-state index in [1.165, 1.54) is 6.07 Å². The fourth-order valence-corrected chi connectivity index (χ4v) is 2.54. The van der Waals surface area contributed by atoms with Crippen LogP contribution in [-0.4, -0.2) is 10.4 Å². The van der Waals surface area contributed by atoms with Crippen LogP contribution in [-0.2, 0) is 6.54 Å². The number of nitrogens with zero attached hydrogens (tertiary/aromatic N) is 1. The summed E-state index contributed by atoms with van der Waals surface area (Å²) in [5, 5.41) is 0. The predicted molar refractivity (Wildman–Crippen MR) is 74.7 cm³/mol. The molecule has 98 valence electrons. The van der Waals surface area contributed by atoms with Crippen LogP contribution in [0.25, 0.3) is 0 Å². The highest BCUT2D eigenvalue weighted by molar-refractivity contribution is 9.10. The first-order valence-electron chi connectivity index (χ1n) is 6.27. The molecule has 4 heteroatoms. The van der Waals surface area contributed by atoms with Crippen molar-refractivity contribution in [2.75, 3.05) is 0 Å². The van der Waals surface area contributed by atoms with Gasteiger partial charge in [0, 0.05) is 40.5 Å². The Labute approximate surface area is 119 Å². The van der Waals surface area contributed by atoms with Gasteiger partial charge in [-0.15, -0.1) is 0 Å². The molecule has 0 aliphatic heterocycles. The molecule has 1 heterocycles. The minimum atomic E-state index is -0.230. The van der Waals surface area contributed by atoms with Gasteiger partial charge >= 0.3 is 0 Å². The molecule has 0 bridgehead atoms. The number of ketones is 1. The van der Waals surface area contributed by atoms with Crippen molar-refractivity contribution in [1.29, 1.82) is 0 Å². The van der Waals surface area contributed by atoms with Crippen molar-refractivity contribution in [3.05, 3.63) is 58.1 Å². The molecule has 0 spiro atoms. The number of hydrogen-bond acceptors (Lipinski definition) is 1. The summed E-state index contributed by atoms with van der Waals surface area (Å²) in [7, 11) is 0. The van der Waals surface area contributed by atoms with Crippen LogP contribution < -0.4 is 0 Å². The van der Waals surface area contributed by atoms with E-state index in [9.17, 15) is 9.18 Å². The third kappa shape index (κ3) is 2.78. The second-order valence-electron chi connectivity index (χ2n) is 4.95. The molecule has 1 aliphatic carbocycles. The van der Waals surface area contributed by atoms with E-state index in [1.807, 2.05) is 16.8 Å². The van der Waals surface area contributed by atoms with E-state index in [-0.39, 0.29) is 17.5 Å². The van der Waals surface area contributed by atoms with Crippen LogP contribution >= 0.6 is 15.9 Å².